The molecule has 0 aromatic heterocycles. The third-order valence-electron chi connectivity index (χ3n) is 4.56. The Bertz CT molecular complexity index is 773. The maximum atomic E-state index is 13.4. The minimum atomic E-state index is -0.626. The van der Waals surface area contributed by atoms with Crippen molar-refractivity contribution in [2.24, 2.45) is 5.92 Å². The summed E-state index contributed by atoms with van der Waals surface area (Å²) in [6, 6.07) is 13.6. The van der Waals surface area contributed by atoms with Crippen molar-refractivity contribution < 1.29 is 14.0 Å². The molecule has 1 heterocycles. The number of hydrogen-bond acceptors (Lipinski definition) is 2. The summed E-state index contributed by atoms with van der Waals surface area (Å²) in [5.74, 6) is -1.30. The predicted octanol–water partition coefficient (Wildman–Crippen LogP) is 4.42. The zero-order valence-corrected chi connectivity index (χ0v) is 14.7. The second-order valence-corrected chi connectivity index (χ2v) is 6.86. The third-order valence-corrected chi connectivity index (χ3v) is 4.78. The number of para-hydroxylation sites is 1. The summed E-state index contributed by atoms with van der Waals surface area (Å²) in [6.07, 6.45) is 1.09. The smallest absolute Gasteiger partial charge is 0.237 e. The van der Waals surface area contributed by atoms with Crippen molar-refractivity contribution in [2.75, 3.05) is 4.90 Å². The van der Waals surface area contributed by atoms with Crippen LogP contribution in [0.25, 0.3) is 0 Å². The van der Waals surface area contributed by atoms with E-state index in [1.54, 1.807) is 11.0 Å². The first-order chi connectivity index (χ1) is 12.0. The summed E-state index contributed by atoms with van der Waals surface area (Å²) in [5, 5.41) is 0.309. The van der Waals surface area contributed by atoms with Crippen LogP contribution in [0.3, 0.4) is 0 Å². The first kappa shape index (κ1) is 17.6. The van der Waals surface area contributed by atoms with Crippen LogP contribution in [-0.2, 0) is 16.0 Å². The highest BCUT2D eigenvalue weighted by Gasteiger charge is 2.41. The van der Waals surface area contributed by atoms with Gasteiger partial charge in [0.1, 0.15) is 11.6 Å². The van der Waals surface area contributed by atoms with Gasteiger partial charge in [0.2, 0.25) is 5.91 Å². The molecule has 0 radical (unpaired) electrons. The second-order valence-electron chi connectivity index (χ2n) is 6.43. The van der Waals surface area contributed by atoms with Gasteiger partial charge in [-0.1, -0.05) is 29.8 Å². The number of carbonyl (C=O) groups excluding carboxylic acids is 2. The van der Waals surface area contributed by atoms with Crippen molar-refractivity contribution in [3.63, 3.8) is 0 Å². The molecule has 5 heteroatoms. The number of benzene rings is 2. The Morgan fingerprint density at radius 3 is 2.64 bits per heavy atom. The zero-order valence-electron chi connectivity index (χ0n) is 13.9. The largest absolute Gasteiger partial charge is 0.309 e. The zero-order chi connectivity index (χ0) is 18.0. The van der Waals surface area contributed by atoms with Crippen LogP contribution in [0.4, 0.5) is 10.1 Å². The van der Waals surface area contributed by atoms with Crippen LogP contribution in [0.5, 0.6) is 0 Å². The SMILES string of the molecule is CC1CC(C(=O)CCc2cc(F)cc(Cl)c2)C(=O)N1c1ccccc1. The number of hydrogen-bond donors (Lipinski definition) is 0. The Kier molecular flexibility index (Phi) is 5.19. The molecule has 1 saturated heterocycles. The number of aryl methyl sites for hydroxylation is 1. The lowest BCUT2D eigenvalue weighted by molar-refractivity contribution is -0.130. The first-order valence-corrected chi connectivity index (χ1v) is 8.69. The molecule has 3 nitrogen and oxygen atoms in total. The molecule has 2 atom stereocenters. The topological polar surface area (TPSA) is 37.4 Å². The molecule has 0 N–H and O–H groups in total. The van der Waals surface area contributed by atoms with E-state index in [1.165, 1.54) is 12.1 Å². The number of anilines is 1. The van der Waals surface area contributed by atoms with Gasteiger partial charge in [-0.2, -0.15) is 0 Å². The number of halogens is 2. The van der Waals surface area contributed by atoms with E-state index in [4.69, 9.17) is 11.6 Å². The number of Topliss-reactive ketones (excluding diaryl/α,β-unsaturated/α-hetero) is 1. The molecule has 25 heavy (non-hydrogen) atoms. The Hall–Kier alpha value is -2.20. The van der Waals surface area contributed by atoms with Crippen molar-refractivity contribution in [1.29, 1.82) is 0 Å². The molecule has 0 aliphatic carbocycles. The summed E-state index contributed by atoms with van der Waals surface area (Å²) in [5.41, 5.74) is 1.48. The van der Waals surface area contributed by atoms with Gasteiger partial charge < -0.3 is 4.90 Å². The highest BCUT2D eigenvalue weighted by Crippen LogP contribution is 2.31. The fourth-order valence-corrected chi connectivity index (χ4v) is 3.61. The average Bonchev–Trinajstić information content (AvgIpc) is 2.87. The van der Waals surface area contributed by atoms with Gasteiger partial charge in [0.25, 0.3) is 0 Å². The minimum Gasteiger partial charge on any atom is -0.309 e. The third kappa shape index (κ3) is 3.90. The molecule has 2 aromatic carbocycles. The van der Waals surface area contributed by atoms with Crippen molar-refractivity contribution >= 4 is 29.0 Å². The fourth-order valence-electron chi connectivity index (χ4n) is 3.37. The molecule has 0 saturated carbocycles. The molecule has 0 spiro atoms. The van der Waals surface area contributed by atoms with E-state index in [0.29, 0.717) is 23.4 Å². The molecular weight excluding hydrogens is 341 g/mol. The van der Waals surface area contributed by atoms with Gasteiger partial charge in [-0.25, -0.2) is 4.39 Å². The molecule has 1 aliphatic heterocycles. The Morgan fingerprint density at radius 1 is 1.24 bits per heavy atom. The molecule has 1 amide bonds. The molecule has 0 bridgehead atoms. The highest BCUT2D eigenvalue weighted by atomic mass is 35.5. The van der Waals surface area contributed by atoms with Gasteiger partial charge in [-0.05, 0) is 55.7 Å². The maximum absolute atomic E-state index is 13.4. The van der Waals surface area contributed by atoms with Crippen LogP contribution in [0.15, 0.2) is 48.5 Å². The van der Waals surface area contributed by atoms with Gasteiger partial charge in [0.05, 0.1) is 5.92 Å². The number of ketones is 1. The maximum Gasteiger partial charge on any atom is 0.237 e. The first-order valence-electron chi connectivity index (χ1n) is 8.31. The van der Waals surface area contributed by atoms with Crippen molar-refractivity contribution in [1.82, 2.24) is 0 Å². The molecule has 3 rings (SSSR count). The summed E-state index contributed by atoms with van der Waals surface area (Å²) < 4.78 is 13.4. The summed E-state index contributed by atoms with van der Waals surface area (Å²) in [7, 11) is 0. The van der Waals surface area contributed by atoms with Gasteiger partial charge in [0.15, 0.2) is 0 Å². The van der Waals surface area contributed by atoms with Crippen molar-refractivity contribution in [3.8, 4) is 0 Å². The van der Waals surface area contributed by atoms with E-state index in [0.717, 1.165) is 5.69 Å². The molecule has 1 aliphatic rings. The van der Waals surface area contributed by atoms with Gasteiger partial charge in [-0.15, -0.1) is 0 Å². The van der Waals surface area contributed by atoms with Gasteiger partial charge in [0, 0.05) is 23.2 Å². The summed E-state index contributed by atoms with van der Waals surface area (Å²) in [4.78, 5) is 26.9. The Balaban J connectivity index is 1.67. The van der Waals surface area contributed by atoms with Crippen LogP contribution >= 0.6 is 11.6 Å². The fraction of sp³-hybridized carbons (Fsp3) is 0.300. The van der Waals surface area contributed by atoms with Gasteiger partial charge in [-0.3, -0.25) is 9.59 Å². The lowest BCUT2D eigenvalue weighted by Crippen LogP contribution is -2.33. The van der Waals surface area contributed by atoms with E-state index in [-0.39, 0.29) is 24.2 Å². The van der Waals surface area contributed by atoms with Crippen LogP contribution in [0.1, 0.15) is 25.3 Å². The number of nitrogens with zero attached hydrogens (tertiary/aromatic N) is 1. The number of rotatable bonds is 5. The van der Waals surface area contributed by atoms with Crippen molar-refractivity contribution in [2.45, 2.75) is 32.2 Å². The van der Waals surface area contributed by atoms with E-state index < -0.39 is 11.7 Å². The lowest BCUT2D eigenvalue weighted by Gasteiger charge is -2.21. The average molecular weight is 360 g/mol. The minimum absolute atomic E-state index is 0.0209. The number of amides is 1. The molecule has 1 fully saturated rings. The standard InChI is InChI=1S/C20H19ClFNO2/c1-13-9-18(20(25)23(13)17-5-3-2-4-6-17)19(24)8-7-14-10-15(21)12-16(22)11-14/h2-6,10-13,18H,7-9H2,1H3. The Labute approximate surface area is 151 Å². The Morgan fingerprint density at radius 2 is 1.96 bits per heavy atom. The highest BCUT2D eigenvalue weighted by molar-refractivity contribution is 6.30. The monoisotopic (exact) mass is 359 g/mol. The summed E-state index contributed by atoms with van der Waals surface area (Å²) >= 11 is 5.84. The molecular formula is C20H19ClFNO2. The summed E-state index contributed by atoms with van der Waals surface area (Å²) in [6.45, 7) is 1.95. The molecule has 2 unspecified atom stereocenters. The van der Waals surface area contributed by atoms with Crippen LogP contribution in [0.2, 0.25) is 5.02 Å². The normalized spacial score (nSPS) is 20.1. The molecule has 130 valence electrons. The van der Waals surface area contributed by atoms with Crippen molar-refractivity contribution in [3.05, 3.63) is 64.9 Å². The lowest BCUT2D eigenvalue weighted by atomic mass is 9.95. The van der Waals surface area contributed by atoms with E-state index in [9.17, 15) is 14.0 Å². The molecule has 2 aromatic rings. The van der Waals surface area contributed by atoms with Crippen LogP contribution in [-0.4, -0.2) is 17.7 Å². The number of carbonyl (C=O) groups is 2. The quantitative estimate of drug-likeness (QED) is 0.741. The predicted molar refractivity (Wildman–Crippen MR) is 96.2 cm³/mol. The van der Waals surface area contributed by atoms with Crippen LogP contribution < -0.4 is 4.90 Å². The van der Waals surface area contributed by atoms with E-state index in [1.807, 2.05) is 37.3 Å². The van der Waals surface area contributed by atoms with Crippen LogP contribution in [0, 0.1) is 11.7 Å². The van der Waals surface area contributed by atoms with E-state index >= 15 is 0 Å². The van der Waals surface area contributed by atoms with E-state index in [2.05, 4.69) is 0 Å². The second kappa shape index (κ2) is 7.36. The van der Waals surface area contributed by atoms with Gasteiger partial charge >= 0.3 is 0 Å².